The number of carbonyl (C=O) groups excluding carboxylic acids is 1. The molecule has 1 aromatic heterocycles. The van der Waals surface area contributed by atoms with Crippen molar-refractivity contribution >= 4 is 11.9 Å². The second-order valence-corrected chi connectivity index (χ2v) is 8.32. The Kier molecular flexibility index (Phi) is 7.07. The number of piperidine rings is 1. The number of hydrogen-bond donors (Lipinski definition) is 1. The molecule has 1 aliphatic rings. The highest BCUT2D eigenvalue weighted by Crippen LogP contribution is 2.26. The van der Waals surface area contributed by atoms with Gasteiger partial charge in [-0.3, -0.25) is 4.79 Å². The number of anilines is 1. The predicted molar refractivity (Wildman–Crippen MR) is 129 cm³/mol. The molecule has 1 saturated heterocycles. The number of carbonyl (C=O) groups is 1. The fraction of sp³-hybridized carbons (Fsp3) is 0.346. The number of benzene rings is 2. The molecule has 33 heavy (non-hydrogen) atoms. The van der Waals surface area contributed by atoms with Crippen LogP contribution >= 0.6 is 0 Å². The molecule has 0 aliphatic carbocycles. The maximum Gasteiger partial charge on any atom is 0.225 e. The van der Waals surface area contributed by atoms with Crippen molar-refractivity contribution in [2.24, 2.45) is 5.92 Å². The molecular formula is C26H30N4O3. The highest BCUT2D eigenvalue weighted by atomic mass is 16.5. The van der Waals surface area contributed by atoms with Crippen LogP contribution < -0.4 is 19.7 Å². The molecule has 2 heterocycles. The first-order chi connectivity index (χ1) is 16.1. The molecule has 2 aromatic carbocycles. The van der Waals surface area contributed by atoms with Crippen molar-refractivity contribution in [2.45, 2.75) is 26.3 Å². The summed E-state index contributed by atoms with van der Waals surface area (Å²) in [6, 6.07) is 13.9. The molecule has 0 spiro atoms. The van der Waals surface area contributed by atoms with Crippen LogP contribution in [0.1, 0.15) is 24.0 Å². The van der Waals surface area contributed by atoms with Gasteiger partial charge in [0.15, 0.2) is 0 Å². The molecule has 7 heteroatoms. The zero-order valence-electron chi connectivity index (χ0n) is 19.4. The highest BCUT2D eigenvalue weighted by Gasteiger charge is 2.27. The summed E-state index contributed by atoms with van der Waals surface area (Å²) in [5.41, 5.74) is 4.21. The minimum absolute atomic E-state index is 0.0360. The number of methoxy groups -OCH3 is 2. The quantitative estimate of drug-likeness (QED) is 0.591. The van der Waals surface area contributed by atoms with Crippen molar-refractivity contribution in [2.75, 3.05) is 32.2 Å². The second-order valence-electron chi connectivity index (χ2n) is 8.32. The van der Waals surface area contributed by atoms with Crippen LogP contribution in [0.15, 0.2) is 54.9 Å². The smallest absolute Gasteiger partial charge is 0.225 e. The Labute approximate surface area is 194 Å². The van der Waals surface area contributed by atoms with E-state index in [-0.39, 0.29) is 11.8 Å². The van der Waals surface area contributed by atoms with Crippen LogP contribution in [0.5, 0.6) is 11.5 Å². The zero-order valence-corrected chi connectivity index (χ0v) is 19.4. The molecular weight excluding hydrogens is 416 g/mol. The van der Waals surface area contributed by atoms with Crippen molar-refractivity contribution in [1.29, 1.82) is 0 Å². The molecule has 1 N–H and O–H groups in total. The summed E-state index contributed by atoms with van der Waals surface area (Å²) >= 11 is 0. The van der Waals surface area contributed by atoms with Crippen LogP contribution in [0.4, 0.5) is 5.95 Å². The van der Waals surface area contributed by atoms with E-state index < -0.39 is 0 Å². The lowest BCUT2D eigenvalue weighted by molar-refractivity contribution is -0.125. The number of nitrogens with zero attached hydrogens (tertiary/aromatic N) is 3. The molecule has 1 fully saturated rings. The van der Waals surface area contributed by atoms with E-state index in [0.717, 1.165) is 41.8 Å². The van der Waals surface area contributed by atoms with E-state index in [4.69, 9.17) is 9.47 Å². The molecule has 0 bridgehead atoms. The monoisotopic (exact) mass is 446 g/mol. The molecule has 1 amide bonds. The Balaban J connectivity index is 1.37. The lowest BCUT2D eigenvalue weighted by Gasteiger charge is -2.32. The number of nitrogens with one attached hydrogen (secondary N) is 1. The first-order valence-corrected chi connectivity index (χ1v) is 11.2. The summed E-state index contributed by atoms with van der Waals surface area (Å²) in [4.78, 5) is 24.2. The minimum atomic E-state index is -0.108. The van der Waals surface area contributed by atoms with Gasteiger partial charge in [0.1, 0.15) is 11.5 Å². The number of aromatic nitrogens is 2. The lowest BCUT2D eigenvalue weighted by Crippen LogP contribution is -2.43. The average Bonchev–Trinajstić information content (AvgIpc) is 2.87. The van der Waals surface area contributed by atoms with E-state index >= 15 is 0 Å². The van der Waals surface area contributed by atoms with Gasteiger partial charge in [-0.15, -0.1) is 0 Å². The lowest BCUT2D eigenvalue weighted by atomic mass is 9.97. The van der Waals surface area contributed by atoms with Crippen LogP contribution in [0.25, 0.3) is 11.1 Å². The van der Waals surface area contributed by atoms with Crippen molar-refractivity contribution in [3.05, 3.63) is 66.0 Å². The van der Waals surface area contributed by atoms with E-state index in [2.05, 4.69) is 51.4 Å². The Bertz CT molecular complexity index is 1080. The number of amides is 1. The molecule has 1 atom stereocenters. The number of hydrogen-bond acceptors (Lipinski definition) is 6. The fourth-order valence-corrected chi connectivity index (χ4v) is 4.08. The summed E-state index contributed by atoms with van der Waals surface area (Å²) in [7, 11) is 3.23. The van der Waals surface area contributed by atoms with Gasteiger partial charge in [0.05, 0.1) is 20.1 Å². The van der Waals surface area contributed by atoms with Gasteiger partial charge in [-0.2, -0.15) is 0 Å². The summed E-state index contributed by atoms with van der Waals surface area (Å²) < 4.78 is 10.7. The largest absolute Gasteiger partial charge is 0.497 e. The first kappa shape index (κ1) is 22.6. The first-order valence-electron chi connectivity index (χ1n) is 11.2. The third kappa shape index (κ3) is 5.42. The predicted octanol–water partition coefficient (Wildman–Crippen LogP) is 4.00. The van der Waals surface area contributed by atoms with E-state index in [0.29, 0.717) is 24.8 Å². The van der Waals surface area contributed by atoms with E-state index in [1.54, 1.807) is 14.2 Å². The van der Waals surface area contributed by atoms with Crippen LogP contribution in [0.2, 0.25) is 0 Å². The molecule has 1 aliphatic heterocycles. The molecule has 0 radical (unpaired) electrons. The molecule has 3 aromatic rings. The SMILES string of the molecule is COc1ccc(CNC(=O)[C@H]2CCCN(c3ncc(-c4ccc(C)cc4)cn3)C2)c(OC)c1. The van der Waals surface area contributed by atoms with Crippen LogP contribution in [-0.4, -0.2) is 43.2 Å². The Morgan fingerprint density at radius 1 is 1.06 bits per heavy atom. The second kappa shape index (κ2) is 10.3. The van der Waals surface area contributed by atoms with Gasteiger partial charge in [0.25, 0.3) is 0 Å². The Morgan fingerprint density at radius 3 is 2.52 bits per heavy atom. The summed E-state index contributed by atoms with van der Waals surface area (Å²) in [5, 5.41) is 3.06. The van der Waals surface area contributed by atoms with E-state index in [9.17, 15) is 4.79 Å². The van der Waals surface area contributed by atoms with Crippen molar-refractivity contribution in [3.8, 4) is 22.6 Å². The van der Waals surface area contributed by atoms with Crippen LogP contribution in [0.3, 0.4) is 0 Å². The third-order valence-corrected chi connectivity index (χ3v) is 6.05. The molecule has 172 valence electrons. The molecule has 0 unspecified atom stereocenters. The average molecular weight is 447 g/mol. The van der Waals surface area contributed by atoms with Crippen molar-refractivity contribution in [1.82, 2.24) is 15.3 Å². The van der Waals surface area contributed by atoms with E-state index in [1.807, 2.05) is 30.6 Å². The van der Waals surface area contributed by atoms with Gasteiger partial charge < -0.3 is 19.7 Å². The van der Waals surface area contributed by atoms with Gasteiger partial charge in [0.2, 0.25) is 11.9 Å². The summed E-state index contributed by atoms with van der Waals surface area (Å²) in [6.07, 6.45) is 5.48. The van der Waals surface area contributed by atoms with Crippen molar-refractivity contribution in [3.63, 3.8) is 0 Å². The van der Waals surface area contributed by atoms with Gasteiger partial charge in [-0.05, 0) is 37.5 Å². The zero-order chi connectivity index (χ0) is 23.2. The van der Waals surface area contributed by atoms with Gasteiger partial charge in [-0.25, -0.2) is 9.97 Å². The minimum Gasteiger partial charge on any atom is -0.497 e. The van der Waals surface area contributed by atoms with Crippen LogP contribution in [0, 0.1) is 12.8 Å². The van der Waals surface area contributed by atoms with Crippen LogP contribution in [-0.2, 0) is 11.3 Å². The number of ether oxygens (including phenoxy) is 2. The highest BCUT2D eigenvalue weighted by molar-refractivity contribution is 5.79. The van der Waals surface area contributed by atoms with Gasteiger partial charge >= 0.3 is 0 Å². The fourth-order valence-electron chi connectivity index (χ4n) is 4.08. The van der Waals surface area contributed by atoms with Gasteiger partial charge in [0, 0.05) is 49.2 Å². The summed E-state index contributed by atoms with van der Waals surface area (Å²) in [5.74, 6) is 2.01. The maximum absolute atomic E-state index is 12.9. The molecule has 0 saturated carbocycles. The van der Waals surface area contributed by atoms with Crippen molar-refractivity contribution < 1.29 is 14.3 Å². The molecule has 4 rings (SSSR count). The Morgan fingerprint density at radius 2 is 1.82 bits per heavy atom. The Hall–Kier alpha value is -3.61. The topological polar surface area (TPSA) is 76.6 Å². The molecule has 7 nitrogen and oxygen atoms in total. The summed E-state index contributed by atoms with van der Waals surface area (Å²) in [6.45, 7) is 3.93. The normalized spacial score (nSPS) is 15.7. The maximum atomic E-state index is 12.9. The standard InChI is InChI=1S/C26H30N4O3/c1-18-6-8-19(9-7-18)22-15-28-26(29-16-22)30-12-4-5-21(17-30)25(31)27-14-20-10-11-23(32-2)13-24(20)33-3/h6-11,13,15-16,21H,4-5,12,14,17H2,1-3H3,(H,27,31)/t21-/m0/s1. The third-order valence-electron chi connectivity index (χ3n) is 6.05. The number of aryl methyl sites for hydroxylation is 1. The van der Waals surface area contributed by atoms with Gasteiger partial charge in [-0.1, -0.05) is 29.8 Å². The number of rotatable bonds is 7. The van der Waals surface area contributed by atoms with E-state index in [1.165, 1.54) is 5.56 Å².